The first-order valence-electron chi connectivity index (χ1n) is 7.30. The molecule has 1 N–H and O–H groups in total. The van der Waals surface area contributed by atoms with Gasteiger partial charge in [-0.2, -0.15) is 0 Å². The molecule has 0 fully saturated rings. The maximum Gasteiger partial charge on any atom is 0.373 e. The van der Waals surface area contributed by atoms with Gasteiger partial charge in [0.15, 0.2) is 0 Å². The summed E-state index contributed by atoms with van der Waals surface area (Å²) in [6.45, 7) is 5.25. The van der Waals surface area contributed by atoms with Crippen molar-refractivity contribution in [1.29, 1.82) is 0 Å². The minimum Gasteiger partial charge on any atom is -0.502 e. The number of aliphatic hydroxyl groups is 1. The number of ether oxygens (including phenoxy) is 2. The number of hydrogen-bond acceptors (Lipinski definition) is 7. The summed E-state index contributed by atoms with van der Waals surface area (Å²) in [6.07, 6.45) is 1.34. The fraction of sp³-hybridized carbons (Fsp3) is 0.467. The van der Waals surface area contributed by atoms with E-state index in [0.29, 0.717) is 0 Å². The molecule has 1 unspecified atom stereocenters. The molecule has 1 aromatic heterocycles. The minimum atomic E-state index is -0.869. The van der Waals surface area contributed by atoms with Crippen molar-refractivity contribution in [2.75, 3.05) is 13.2 Å². The Labute approximate surface area is 132 Å². The number of carbonyl (C=O) groups excluding carboxylic acids is 2. The summed E-state index contributed by atoms with van der Waals surface area (Å²) in [5.74, 6) is -2.03. The second kappa shape index (κ2) is 6.64. The van der Waals surface area contributed by atoms with Gasteiger partial charge in [0.2, 0.25) is 5.76 Å². The molecule has 0 radical (unpaired) electrons. The third kappa shape index (κ3) is 2.96. The number of hydrogen-bond donors (Lipinski definition) is 1. The summed E-state index contributed by atoms with van der Waals surface area (Å²) in [7, 11) is 0. The monoisotopic (exact) mass is 322 g/mol. The van der Waals surface area contributed by atoms with Crippen molar-refractivity contribution < 1.29 is 24.2 Å². The summed E-state index contributed by atoms with van der Waals surface area (Å²) >= 11 is 0. The Kier molecular flexibility index (Phi) is 4.83. The molecular formula is C15H18N2O6. The first kappa shape index (κ1) is 16.7. The van der Waals surface area contributed by atoms with Gasteiger partial charge in [0.25, 0.3) is 5.56 Å². The topological polar surface area (TPSA) is 108 Å². The lowest BCUT2D eigenvalue weighted by Crippen LogP contribution is -2.29. The molecule has 23 heavy (non-hydrogen) atoms. The van der Waals surface area contributed by atoms with E-state index in [0.717, 1.165) is 6.20 Å². The van der Waals surface area contributed by atoms with Crippen LogP contribution in [0.2, 0.25) is 0 Å². The lowest BCUT2D eigenvalue weighted by molar-refractivity contribution is -0.141. The Morgan fingerprint density at radius 2 is 2.00 bits per heavy atom. The second-order valence-corrected chi connectivity index (χ2v) is 4.99. The molecule has 1 aliphatic rings. The largest absolute Gasteiger partial charge is 0.502 e. The third-order valence-corrected chi connectivity index (χ3v) is 3.45. The van der Waals surface area contributed by atoms with Crippen LogP contribution in [0, 0.1) is 0 Å². The van der Waals surface area contributed by atoms with Gasteiger partial charge in [-0.25, -0.2) is 14.6 Å². The van der Waals surface area contributed by atoms with E-state index >= 15 is 0 Å². The highest BCUT2D eigenvalue weighted by Gasteiger charge is 2.32. The van der Waals surface area contributed by atoms with Crippen LogP contribution in [0.3, 0.4) is 0 Å². The van der Waals surface area contributed by atoms with Gasteiger partial charge in [-0.05, 0) is 20.8 Å². The van der Waals surface area contributed by atoms with E-state index in [2.05, 4.69) is 4.98 Å². The van der Waals surface area contributed by atoms with E-state index in [-0.39, 0.29) is 42.6 Å². The van der Waals surface area contributed by atoms with Crippen LogP contribution in [0.25, 0.3) is 5.57 Å². The van der Waals surface area contributed by atoms with Crippen LogP contribution in [-0.4, -0.2) is 39.8 Å². The van der Waals surface area contributed by atoms with Gasteiger partial charge >= 0.3 is 11.9 Å². The molecule has 1 aromatic rings. The van der Waals surface area contributed by atoms with Gasteiger partial charge < -0.3 is 14.6 Å². The van der Waals surface area contributed by atoms with Crippen molar-refractivity contribution in [3.05, 3.63) is 33.7 Å². The van der Waals surface area contributed by atoms with Crippen LogP contribution < -0.4 is 5.56 Å². The van der Waals surface area contributed by atoms with Crippen LogP contribution in [0.15, 0.2) is 16.8 Å². The average Bonchev–Trinajstić information content (AvgIpc) is 2.85. The Morgan fingerprint density at radius 1 is 1.35 bits per heavy atom. The molecule has 1 aliphatic heterocycles. The van der Waals surface area contributed by atoms with E-state index in [1.807, 2.05) is 0 Å². The highest BCUT2D eigenvalue weighted by Crippen LogP contribution is 2.34. The maximum atomic E-state index is 12.5. The SMILES string of the molecule is CCOC(=O)/C(O)=C1\CC(C)n2c1ncc(C(=O)OCC)c2=O. The van der Waals surface area contributed by atoms with Crippen molar-refractivity contribution in [2.45, 2.75) is 33.2 Å². The van der Waals surface area contributed by atoms with Gasteiger partial charge in [-0.15, -0.1) is 0 Å². The lowest BCUT2D eigenvalue weighted by atomic mass is 10.1. The first-order chi connectivity index (χ1) is 10.9. The van der Waals surface area contributed by atoms with E-state index in [4.69, 9.17) is 9.47 Å². The number of aliphatic hydroxyl groups excluding tert-OH is 1. The predicted molar refractivity (Wildman–Crippen MR) is 80.0 cm³/mol. The molecule has 0 amide bonds. The maximum absolute atomic E-state index is 12.5. The van der Waals surface area contributed by atoms with Crippen LogP contribution >= 0.6 is 0 Å². The molecular weight excluding hydrogens is 304 g/mol. The van der Waals surface area contributed by atoms with Crippen LogP contribution in [0.5, 0.6) is 0 Å². The molecule has 2 rings (SSSR count). The van der Waals surface area contributed by atoms with Crippen molar-refractivity contribution >= 4 is 17.5 Å². The fourth-order valence-electron chi connectivity index (χ4n) is 2.45. The Bertz CT molecular complexity index is 734. The van der Waals surface area contributed by atoms with Crippen LogP contribution in [0.4, 0.5) is 0 Å². The summed E-state index contributed by atoms with van der Waals surface area (Å²) in [6, 6.07) is -0.356. The number of aromatic nitrogens is 2. The van der Waals surface area contributed by atoms with E-state index < -0.39 is 23.3 Å². The van der Waals surface area contributed by atoms with Crippen molar-refractivity contribution in [3.8, 4) is 0 Å². The molecule has 0 aromatic carbocycles. The van der Waals surface area contributed by atoms with E-state index in [9.17, 15) is 19.5 Å². The van der Waals surface area contributed by atoms with Crippen molar-refractivity contribution in [3.63, 3.8) is 0 Å². The number of carbonyl (C=O) groups is 2. The second-order valence-electron chi connectivity index (χ2n) is 4.99. The van der Waals surface area contributed by atoms with Gasteiger partial charge in [-0.3, -0.25) is 9.36 Å². The Morgan fingerprint density at radius 3 is 2.61 bits per heavy atom. The standard InChI is InChI=1S/C15H18N2O6/c1-4-22-14(20)10-7-16-12-9(11(18)15(21)23-5-2)6-8(3)17(12)13(10)19/h7-8,18H,4-6H2,1-3H3/b11-9-. The highest BCUT2D eigenvalue weighted by atomic mass is 16.5. The minimum absolute atomic E-state index is 0.119. The average molecular weight is 322 g/mol. The summed E-state index contributed by atoms with van der Waals surface area (Å²) in [5, 5.41) is 10.0. The van der Waals surface area contributed by atoms with E-state index in [1.165, 1.54) is 4.57 Å². The van der Waals surface area contributed by atoms with E-state index in [1.54, 1.807) is 20.8 Å². The molecule has 0 saturated heterocycles. The van der Waals surface area contributed by atoms with Crippen LogP contribution in [-0.2, 0) is 14.3 Å². The Balaban J connectivity index is 2.53. The third-order valence-electron chi connectivity index (χ3n) is 3.45. The zero-order valence-electron chi connectivity index (χ0n) is 13.2. The zero-order valence-corrected chi connectivity index (χ0v) is 13.2. The predicted octanol–water partition coefficient (Wildman–Crippen LogP) is 1.22. The van der Waals surface area contributed by atoms with Crippen molar-refractivity contribution in [2.24, 2.45) is 0 Å². The molecule has 8 nitrogen and oxygen atoms in total. The number of allylic oxidation sites excluding steroid dienone is 1. The lowest BCUT2D eigenvalue weighted by Gasteiger charge is -2.09. The number of rotatable bonds is 4. The smallest absolute Gasteiger partial charge is 0.373 e. The zero-order chi connectivity index (χ0) is 17.1. The summed E-state index contributed by atoms with van der Waals surface area (Å²) in [5.41, 5.74) is -0.518. The summed E-state index contributed by atoms with van der Waals surface area (Å²) in [4.78, 5) is 40.0. The highest BCUT2D eigenvalue weighted by molar-refractivity contribution is 5.95. The summed E-state index contributed by atoms with van der Waals surface area (Å²) < 4.78 is 10.8. The number of nitrogens with zero attached hydrogens (tertiary/aromatic N) is 2. The van der Waals surface area contributed by atoms with Crippen LogP contribution in [0.1, 0.15) is 49.4 Å². The molecule has 0 aliphatic carbocycles. The first-order valence-corrected chi connectivity index (χ1v) is 7.30. The quantitative estimate of drug-likeness (QED) is 0.504. The normalized spacial score (nSPS) is 18.3. The molecule has 0 spiro atoms. The fourth-order valence-corrected chi connectivity index (χ4v) is 2.45. The molecule has 0 saturated carbocycles. The number of fused-ring (bicyclic) bond motifs is 1. The molecule has 0 bridgehead atoms. The molecule has 2 heterocycles. The molecule has 1 atom stereocenters. The molecule has 124 valence electrons. The van der Waals surface area contributed by atoms with Gasteiger partial charge in [0.1, 0.15) is 11.4 Å². The van der Waals surface area contributed by atoms with Gasteiger partial charge in [0, 0.05) is 24.2 Å². The van der Waals surface area contributed by atoms with Gasteiger partial charge in [0.05, 0.1) is 13.2 Å². The van der Waals surface area contributed by atoms with Gasteiger partial charge in [-0.1, -0.05) is 0 Å². The molecule has 8 heteroatoms. The Hall–Kier alpha value is -2.64. The van der Waals surface area contributed by atoms with Crippen molar-refractivity contribution in [1.82, 2.24) is 9.55 Å². The number of esters is 2.